The molecule has 2 atom stereocenters. The van der Waals surface area contributed by atoms with Gasteiger partial charge in [0.1, 0.15) is 0 Å². The first-order valence-electron chi connectivity index (χ1n) is 7.51. The van der Waals surface area contributed by atoms with Gasteiger partial charge in [0, 0.05) is 12.6 Å². The third-order valence-corrected chi connectivity index (χ3v) is 4.76. The second kappa shape index (κ2) is 6.44. The topological polar surface area (TPSA) is 29.3 Å². The van der Waals surface area contributed by atoms with Crippen LogP contribution in [0.3, 0.4) is 0 Å². The van der Waals surface area contributed by atoms with Gasteiger partial charge in [0.05, 0.1) is 5.92 Å². The highest BCUT2D eigenvalue weighted by Gasteiger charge is 2.41. The second-order valence-corrected chi connectivity index (χ2v) is 6.18. The van der Waals surface area contributed by atoms with E-state index in [0.717, 1.165) is 19.4 Å². The highest BCUT2D eigenvalue weighted by Crippen LogP contribution is 2.34. The molecule has 2 rings (SSSR count). The van der Waals surface area contributed by atoms with Gasteiger partial charge < -0.3 is 10.6 Å². The monoisotopic (exact) mass is 278 g/mol. The van der Waals surface area contributed by atoms with E-state index < -0.39 is 12.1 Å². The molecule has 0 spiro atoms. The number of halogens is 3. The molecule has 2 unspecified atom stereocenters. The first-order valence-corrected chi connectivity index (χ1v) is 7.51. The zero-order valence-corrected chi connectivity index (χ0v) is 11.5. The van der Waals surface area contributed by atoms with Gasteiger partial charge in [-0.2, -0.15) is 13.2 Å². The average molecular weight is 278 g/mol. The van der Waals surface area contributed by atoms with Crippen LogP contribution in [0.1, 0.15) is 44.9 Å². The minimum absolute atomic E-state index is 0.239. The van der Waals surface area contributed by atoms with Crippen LogP contribution >= 0.6 is 0 Å². The lowest BCUT2D eigenvalue weighted by atomic mass is 9.92. The van der Waals surface area contributed by atoms with Crippen molar-refractivity contribution in [2.24, 2.45) is 17.6 Å². The maximum Gasteiger partial charge on any atom is 0.391 e. The summed E-state index contributed by atoms with van der Waals surface area (Å²) < 4.78 is 37.8. The molecular formula is C14H25F3N2. The maximum absolute atomic E-state index is 12.6. The predicted octanol–water partition coefficient (Wildman–Crippen LogP) is 3.17. The first-order chi connectivity index (χ1) is 8.97. The molecule has 1 aliphatic heterocycles. The van der Waals surface area contributed by atoms with Gasteiger partial charge in [-0.3, -0.25) is 0 Å². The molecule has 5 heteroatoms. The molecule has 0 bridgehead atoms. The van der Waals surface area contributed by atoms with Crippen molar-refractivity contribution in [3.63, 3.8) is 0 Å². The summed E-state index contributed by atoms with van der Waals surface area (Å²) in [6.45, 7) is 2.05. The Labute approximate surface area is 113 Å². The molecule has 19 heavy (non-hydrogen) atoms. The molecule has 1 saturated heterocycles. The van der Waals surface area contributed by atoms with E-state index in [1.807, 2.05) is 0 Å². The fraction of sp³-hybridized carbons (Fsp3) is 1.00. The van der Waals surface area contributed by atoms with Gasteiger partial charge >= 0.3 is 6.18 Å². The molecule has 1 saturated carbocycles. The summed E-state index contributed by atoms with van der Waals surface area (Å²) in [5, 5.41) is 0. The highest BCUT2D eigenvalue weighted by atomic mass is 19.4. The summed E-state index contributed by atoms with van der Waals surface area (Å²) in [6, 6.07) is 0.239. The smallest absolute Gasteiger partial charge is 0.327 e. The lowest BCUT2D eigenvalue weighted by Crippen LogP contribution is -2.44. The number of hydrogen-bond donors (Lipinski definition) is 1. The Morgan fingerprint density at radius 1 is 0.947 bits per heavy atom. The van der Waals surface area contributed by atoms with Crippen molar-refractivity contribution in [3.05, 3.63) is 0 Å². The Kier molecular flexibility index (Phi) is 5.12. The van der Waals surface area contributed by atoms with Crippen LogP contribution in [-0.4, -0.2) is 36.8 Å². The zero-order valence-electron chi connectivity index (χ0n) is 11.5. The number of nitrogens with two attached hydrogens (primary N) is 1. The Bertz CT molecular complexity index is 272. The summed E-state index contributed by atoms with van der Waals surface area (Å²) in [5.74, 6) is -0.614. The Morgan fingerprint density at radius 2 is 1.58 bits per heavy atom. The van der Waals surface area contributed by atoms with Crippen molar-refractivity contribution in [1.82, 2.24) is 4.90 Å². The molecule has 0 radical (unpaired) electrons. The predicted molar refractivity (Wildman–Crippen MR) is 69.8 cm³/mol. The van der Waals surface area contributed by atoms with Crippen molar-refractivity contribution in [2.45, 2.75) is 57.2 Å². The highest BCUT2D eigenvalue weighted by molar-refractivity contribution is 4.83. The Hall–Kier alpha value is -0.290. The van der Waals surface area contributed by atoms with Gasteiger partial charge in [0.15, 0.2) is 0 Å². The second-order valence-electron chi connectivity index (χ2n) is 6.18. The zero-order chi connectivity index (χ0) is 13.9. The van der Waals surface area contributed by atoms with Crippen molar-refractivity contribution < 1.29 is 13.2 Å². The van der Waals surface area contributed by atoms with Gasteiger partial charge in [-0.25, -0.2) is 0 Å². The van der Waals surface area contributed by atoms with Crippen LogP contribution in [0.25, 0.3) is 0 Å². The van der Waals surface area contributed by atoms with Crippen molar-refractivity contribution in [2.75, 3.05) is 19.6 Å². The van der Waals surface area contributed by atoms with E-state index in [-0.39, 0.29) is 18.9 Å². The molecule has 2 N–H and O–H groups in total. The van der Waals surface area contributed by atoms with Gasteiger partial charge in [-0.05, 0) is 44.7 Å². The fourth-order valence-electron chi connectivity index (χ4n) is 3.41. The van der Waals surface area contributed by atoms with Crippen molar-refractivity contribution in [1.29, 1.82) is 0 Å². The molecule has 0 aromatic heterocycles. The molecule has 1 aliphatic carbocycles. The van der Waals surface area contributed by atoms with Crippen LogP contribution in [0.15, 0.2) is 0 Å². The van der Waals surface area contributed by atoms with Crippen LogP contribution < -0.4 is 5.73 Å². The molecule has 0 aromatic carbocycles. The first kappa shape index (κ1) is 15.1. The van der Waals surface area contributed by atoms with E-state index in [2.05, 4.69) is 4.90 Å². The SMILES string of the molecule is NC1CCCCCC1CN1CCC(C(F)(F)F)CC1. The summed E-state index contributed by atoms with van der Waals surface area (Å²) in [7, 11) is 0. The van der Waals surface area contributed by atoms with Gasteiger partial charge in [-0.15, -0.1) is 0 Å². The quantitative estimate of drug-likeness (QED) is 0.786. The van der Waals surface area contributed by atoms with Gasteiger partial charge in [-0.1, -0.05) is 19.3 Å². The van der Waals surface area contributed by atoms with E-state index in [4.69, 9.17) is 5.73 Å². The fourth-order valence-corrected chi connectivity index (χ4v) is 3.41. The summed E-state index contributed by atoms with van der Waals surface area (Å²) in [4.78, 5) is 2.19. The molecule has 1 heterocycles. The van der Waals surface area contributed by atoms with E-state index in [9.17, 15) is 13.2 Å². The molecule has 112 valence electrons. The number of likely N-dealkylation sites (tertiary alicyclic amines) is 1. The van der Waals surface area contributed by atoms with Crippen LogP contribution in [-0.2, 0) is 0 Å². The summed E-state index contributed by atoms with van der Waals surface area (Å²) in [6.07, 6.45) is 2.39. The summed E-state index contributed by atoms with van der Waals surface area (Å²) in [5.41, 5.74) is 6.19. The molecule has 2 nitrogen and oxygen atoms in total. The Balaban J connectivity index is 1.78. The number of piperidine rings is 1. The number of alkyl halides is 3. The van der Waals surface area contributed by atoms with Crippen LogP contribution in [0.2, 0.25) is 0 Å². The van der Waals surface area contributed by atoms with E-state index in [0.29, 0.717) is 19.0 Å². The number of hydrogen-bond acceptors (Lipinski definition) is 2. The van der Waals surface area contributed by atoms with E-state index in [1.54, 1.807) is 0 Å². The standard InChI is InChI=1S/C14H25F3N2/c15-14(16,17)12-6-8-19(9-7-12)10-11-4-2-1-3-5-13(11)18/h11-13H,1-10,18H2. The van der Waals surface area contributed by atoms with Crippen LogP contribution in [0.5, 0.6) is 0 Å². The van der Waals surface area contributed by atoms with E-state index in [1.165, 1.54) is 19.3 Å². The molecule has 2 fully saturated rings. The number of nitrogens with zero attached hydrogens (tertiary/aromatic N) is 1. The van der Waals surface area contributed by atoms with Crippen molar-refractivity contribution >= 4 is 0 Å². The molecular weight excluding hydrogens is 253 g/mol. The number of rotatable bonds is 2. The summed E-state index contributed by atoms with van der Waals surface area (Å²) >= 11 is 0. The van der Waals surface area contributed by atoms with Gasteiger partial charge in [0.2, 0.25) is 0 Å². The normalized spacial score (nSPS) is 32.2. The van der Waals surface area contributed by atoms with Crippen LogP contribution in [0.4, 0.5) is 13.2 Å². The molecule has 2 aliphatic rings. The van der Waals surface area contributed by atoms with E-state index >= 15 is 0 Å². The van der Waals surface area contributed by atoms with Crippen molar-refractivity contribution in [3.8, 4) is 0 Å². The minimum Gasteiger partial charge on any atom is -0.327 e. The lowest BCUT2D eigenvalue weighted by molar-refractivity contribution is -0.185. The Morgan fingerprint density at radius 3 is 2.21 bits per heavy atom. The molecule has 0 aromatic rings. The third-order valence-electron chi connectivity index (χ3n) is 4.76. The average Bonchev–Trinajstić information content (AvgIpc) is 2.55. The maximum atomic E-state index is 12.6. The lowest BCUT2D eigenvalue weighted by Gasteiger charge is -2.36. The molecule has 0 amide bonds. The van der Waals surface area contributed by atoms with Crippen LogP contribution in [0, 0.1) is 11.8 Å². The van der Waals surface area contributed by atoms with Gasteiger partial charge in [0.25, 0.3) is 0 Å². The largest absolute Gasteiger partial charge is 0.391 e. The third kappa shape index (κ3) is 4.35. The minimum atomic E-state index is -4.01.